The van der Waals surface area contributed by atoms with Crippen molar-refractivity contribution in [1.29, 1.82) is 0 Å². The maximum Gasteiger partial charge on any atom is 0.309 e. The highest BCUT2D eigenvalue weighted by molar-refractivity contribution is 6.15. The molecule has 1 N–H and O–H groups in total. The molecule has 0 aliphatic heterocycles. The van der Waals surface area contributed by atoms with Gasteiger partial charge in [0.2, 0.25) is 0 Å². The van der Waals surface area contributed by atoms with Crippen LogP contribution in [0.5, 0.6) is 0 Å². The average Bonchev–Trinajstić information content (AvgIpc) is 3.22. The summed E-state index contributed by atoms with van der Waals surface area (Å²) < 4.78 is 5.03. The molecule has 0 atom stereocenters. The molecule has 0 fully saturated rings. The fourth-order valence-corrected chi connectivity index (χ4v) is 3.61. The summed E-state index contributed by atoms with van der Waals surface area (Å²) in [5.41, 5.74) is 1.06. The number of carboxylic acid groups (broad SMARTS) is 1. The van der Waals surface area contributed by atoms with E-state index in [2.05, 4.69) is 0 Å². The van der Waals surface area contributed by atoms with Gasteiger partial charge >= 0.3 is 5.97 Å². The third-order valence-corrected chi connectivity index (χ3v) is 5.90. The SMILES string of the molecule is CC(C)(CCCC1=CC=C(C=CC2=CC=C(CCCC(C)(C)C(=O)O)C2=O)C1=O)OC=O. The van der Waals surface area contributed by atoms with Crippen LogP contribution in [0.25, 0.3) is 0 Å². The van der Waals surface area contributed by atoms with Crippen molar-refractivity contribution in [1.82, 2.24) is 0 Å². The Bertz CT molecular complexity index is 937. The van der Waals surface area contributed by atoms with Crippen LogP contribution in [0.15, 0.2) is 58.7 Å². The van der Waals surface area contributed by atoms with Gasteiger partial charge in [0.25, 0.3) is 6.47 Å². The molecule has 0 saturated heterocycles. The predicted molar refractivity (Wildman–Crippen MR) is 122 cm³/mol. The second kappa shape index (κ2) is 10.5. The number of allylic oxidation sites excluding steroid dienone is 10. The van der Waals surface area contributed by atoms with E-state index in [1.54, 1.807) is 50.3 Å². The van der Waals surface area contributed by atoms with Gasteiger partial charge in [-0.3, -0.25) is 19.2 Å². The summed E-state index contributed by atoms with van der Waals surface area (Å²) in [4.78, 5) is 46.9. The average molecular weight is 441 g/mol. The lowest BCUT2D eigenvalue weighted by atomic mass is 9.86. The molecule has 2 aliphatic carbocycles. The number of ether oxygens (including phenoxy) is 1. The maximum atomic E-state index is 12.6. The summed E-state index contributed by atoms with van der Waals surface area (Å²) >= 11 is 0. The minimum Gasteiger partial charge on any atom is -0.481 e. The van der Waals surface area contributed by atoms with Gasteiger partial charge in [0, 0.05) is 22.3 Å². The van der Waals surface area contributed by atoms with Crippen molar-refractivity contribution in [2.45, 2.75) is 71.8 Å². The van der Waals surface area contributed by atoms with Gasteiger partial charge in [0.1, 0.15) is 5.60 Å². The highest BCUT2D eigenvalue weighted by atomic mass is 16.5. The van der Waals surface area contributed by atoms with Crippen LogP contribution in [0.3, 0.4) is 0 Å². The largest absolute Gasteiger partial charge is 0.481 e. The van der Waals surface area contributed by atoms with E-state index >= 15 is 0 Å². The second-order valence-corrected chi connectivity index (χ2v) is 9.49. The van der Waals surface area contributed by atoms with Crippen molar-refractivity contribution in [3.8, 4) is 0 Å². The van der Waals surface area contributed by atoms with E-state index in [4.69, 9.17) is 4.74 Å². The molecule has 0 unspecified atom stereocenters. The molecule has 6 heteroatoms. The van der Waals surface area contributed by atoms with E-state index < -0.39 is 17.0 Å². The number of hydrogen-bond donors (Lipinski definition) is 1. The molecule has 0 aromatic carbocycles. The molecule has 0 saturated carbocycles. The van der Waals surface area contributed by atoms with Crippen molar-refractivity contribution in [2.75, 3.05) is 0 Å². The Kier molecular flexibility index (Phi) is 8.31. The Morgan fingerprint density at radius 1 is 0.875 bits per heavy atom. The van der Waals surface area contributed by atoms with Gasteiger partial charge in [-0.1, -0.05) is 36.5 Å². The van der Waals surface area contributed by atoms with E-state index in [-0.39, 0.29) is 11.6 Å². The molecular weight excluding hydrogens is 408 g/mol. The van der Waals surface area contributed by atoms with E-state index in [1.165, 1.54) is 0 Å². The van der Waals surface area contributed by atoms with Crippen LogP contribution in [-0.2, 0) is 23.9 Å². The number of Topliss-reactive ketones (excluding diaryl/α,β-unsaturated/α-hetero) is 2. The van der Waals surface area contributed by atoms with Gasteiger partial charge in [-0.2, -0.15) is 0 Å². The highest BCUT2D eigenvalue weighted by Gasteiger charge is 2.27. The van der Waals surface area contributed by atoms with Crippen LogP contribution < -0.4 is 0 Å². The number of carbonyl (C=O) groups is 4. The van der Waals surface area contributed by atoms with E-state index in [0.29, 0.717) is 60.9 Å². The number of carbonyl (C=O) groups excluding carboxylic acids is 3. The van der Waals surface area contributed by atoms with Gasteiger partial charge in [0.05, 0.1) is 5.41 Å². The van der Waals surface area contributed by atoms with Crippen LogP contribution in [-0.4, -0.2) is 34.7 Å². The predicted octanol–water partition coefficient (Wildman–Crippen LogP) is 4.82. The Hall–Kier alpha value is -3.02. The summed E-state index contributed by atoms with van der Waals surface area (Å²) in [6.45, 7) is 7.48. The summed E-state index contributed by atoms with van der Waals surface area (Å²) in [6, 6.07) is 0. The second-order valence-electron chi connectivity index (χ2n) is 9.49. The summed E-state index contributed by atoms with van der Waals surface area (Å²) in [5.74, 6) is -0.969. The lowest BCUT2D eigenvalue weighted by Gasteiger charge is -2.22. The van der Waals surface area contributed by atoms with Crippen molar-refractivity contribution >= 4 is 24.0 Å². The molecule has 2 rings (SSSR count). The fourth-order valence-electron chi connectivity index (χ4n) is 3.61. The van der Waals surface area contributed by atoms with Crippen molar-refractivity contribution in [3.05, 3.63) is 58.7 Å². The molecule has 0 spiro atoms. The molecule has 0 amide bonds. The zero-order chi connectivity index (χ0) is 23.9. The summed E-state index contributed by atoms with van der Waals surface area (Å²) in [5, 5.41) is 9.19. The lowest BCUT2D eigenvalue weighted by Crippen LogP contribution is -2.23. The molecule has 32 heavy (non-hydrogen) atoms. The standard InChI is InChI=1S/C26H32O6/c1-25(2,24(30)31)15-5-7-18-9-11-20(22(18)28)13-14-21-12-10-19(23(21)29)8-6-16-26(3,4)32-17-27/h9-14,17H,5-8,15-16H2,1-4H3,(H,30,31). The smallest absolute Gasteiger partial charge is 0.309 e. The zero-order valence-corrected chi connectivity index (χ0v) is 19.3. The Morgan fingerprint density at radius 3 is 1.78 bits per heavy atom. The number of hydrogen-bond acceptors (Lipinski definition) is 5. The van der Waals surface area contributed by atoms with Crippen LogP contribution in [0.2, 0.25) is 0 Å². The Balaban J connectivity index is 1.80. The maximum absolute atomic E-state index is 12.6. The number of aliphatic carboxylic acids is 1. The van der Waals surface area contributed by atoms with Crippen LogP contribution in [0.4, 0.5) is 0 Å². The first-order chi connectivity index (χ1) is 15.0. The van der Waals surface area contributed by atoms with E-state index in [1.807, 2.05) is 13.8 Å². The first-order valence-corrected chi connectivity index (χ1v) is 10.9. The number of ketones is 2. The number of carboxylic acids is 1. The monoisotopic (exact) mass is 440 g/mol. The van der Waals surface area contributed by atoms with Crippen LogP contribution in [0.1, 0.15) is 66.2 Å². The van der Waals surface area contributed by atoms with Crippen molar-refractivity contribution in [2.24, 2.45) is 5.41 Å². The van der Waals surface area contributed by atoms with Gasteiger partial charge in [-0.05, 0) is 66.2 Å². The van der Waals surface area contributed by atoms with Gasteiger partial charge in [-0.25, -0.2) is 0 Å². The van der Waals surface area contributed by atoms with Crippen molar-refractivity contribution < 1.29 is 29.0 Å². The Labute approximate surface area is 189 Å². The van der Waals surface area contributed by atoms with Crippen molar-refractivity contribution in [3.63, 3.8) is 0 Å². The molecule has 172 valence electrons. The lowest BCUT2D eigenvalue weighted by molar-refractivity contribution is -0.147. The fraction of sp³-hybridized carbons (Fsp3) is 0.462. The molecule has 0 heterocycles. The highest BCUT2D eigenvalue weighted by Crippen LogP contribution is 2.28. The third kappa shape index (κ3) is 6.74. The van der Waals surface area contributed by atoms with Gasteiger partial charge < -0.3 is 9.84 Å². The molecule has 6 nitrogen and oxygen atoms in total. The zero-order valence-electron chi connectivity index (χ0n) is 19.3. The topological polar surface area (TPSA) is 97.7 Å². The molecular formula is C26H32O6. The van der Waals surface area contributed by atoms with Gasteiger partial charge in [0.15, 0.2) is 11.6 Å². The summed E-state index contributed by atoms with van der Waals surface area (Å²) in [7, 11) is 0. The third-order valence-electron chi connectivity index (χ3n) is 5.90. The molecule has 2 aliphatic rings. The summed E-state index contributed by atoms with van der Waals surface area (Å²) in [6.07, 6.45) is 14.0. The molecule has 0 aromatic heterocycles. The molecule has 0 aromatic rings. The minimum atomic E-state index is -0.841. The molecule has 0 radical (unpaired) electrons. The van der Waals surface area contributed by atoms with E-state index in [9.17, 15) is 24.3 Å². The van der Waals surface area contributed by atoms with Crippen LogP contribution >= 0.6 is 0 Å². The quantitative estimate of drug-likeness (QED) is 0.413. The molecule has 0 bridgehead atoms. The van der Waals surface area contributed by atoms with E-state index in [0.717, 1.165) is 6.42 Å². The minimum absolute atomic E-state index is 0.0505. The van der Waals surface area contributed by atoms with Crippen LogP contribution in [0, 0.1) is 5.41 Å². The first kappa shape index (κ1) is 25.2. The van der Waals surface area contributed by atoms with Gasteiger partial charge in [-0.15, -0.1) is 0 Å². The normalized spacial score (nSPS) is 16.8. The Morgan fingerprint density at radius 2 is 1.34 bits per heavy atom. The first-order valence-electron chi connectivity index (χ1n) is 10.9. The number of rotatable bonds is 13.